The Morgan fingerprint density at radius 3 is 1.85 bits per heavy atom. The molecule has 0 aromatic rings. The number of unbranched alkanes of at least 4 members (excludes halogenated alkanes) is 6. The zero-order valence-corrected chi connectivity index (χ0v) is 18.7. The Bertz CT molecular complexity index is 558. The summed E-state index contributed by atoms with van der Waals surface area (Å²) in [5.41, 5.74) is 0. The number of aliphatic hydroxyl groups excluding tert-OH is 1. The fourth-order valence-electron chi connectivity index (χ4n) is 2.99. The molecule has 0 radical (unpaired) electrons. The molecule has 0 aromatic carbocycles. The van der Waals surface area contributed by atoms with Crippen LogP contribution in [0.3, 0.4) is 0 Å². The number of hydrogen-bond acceptors (Lipinski definition) is 7. The molecule has 0 heterocycles. The molecule has 0 aliphatic heterocycles. The largest absolute Gasteiger partial charge is 0.393 e. The van der Waals surface area contributed by atoms with E-state index in [-0.39, 0.29) is 12.2 Å². The molecule has 1 N–H and O–H groups in total. The molecular weight excluding hydrogens is 392 g/mol. The van der Waals surface area contributed by atoms with Crippen molar-refractivity contribution in [2.24, 2.45) is 0 Å². The summed E-state index contributed by atoms with van der Waals surface area (Å²) in [5, 5.41) is 9.32. The smallest absolute Gasteiger partial charge is 0.269 e. The third-order valence-electron chi connectivity index (χ3n) is 4.79. The molecule has 0 amide bonds. The van der Waals surface area contributed by atoms with Gasteiger partial charge in [-0.2, -0.15) is 16.8 Å². The first-order chi connectivity index (χ1) is 12.7. The second-order valence-electron chi connectivity index (χ2n) is 6.99. The Balaban J connectivity index is 4.24. The zero-order valence-electron chi connectivity index (χ0n) is 17.1. The molecule has 7 nitrogen and oxygen atoms in total. The normalized spacial score (nSPS) is 15.0. The second kappa shape index (κ2) is 14.7. The molecule has 0 aliphatic rings. The summed E-state index contributed by atoms with van der Waals surface area (Å²) in [6.07, 6.45) is 8.93. The third kappa shape index (κ3) is 13.6. The lowest BCUT2D eigenvalue weighted by molar-refractivity contribution is 0.156. The van der Waals surface area contributed by atoms with Crippen LogP contribution in [0.25, 0.3) is 0 Å². The molecule has 0 aliphatic carbocycles. The van der Waals surface area contributed by atoms with Gasteiger partial charge in [0.2, 0.25) is 0 Å². The Morgan fingerprint density at radius 2 is 1.30 bits per heavy atom. The van der Waals surface area contributed by atoms with Gasteiger partial charge in [-0.3, -0.25) is 8.37 Å². The zero-order chi connectivity index (χ0) is 20.8. The van der Waals surface area contributed by atoms with Crippen molar-refractivity contribution in [2.75, 3.05) is 20.0 Å². The Hall–Kier alpha value is -0.220. The van der Waals surface area contributed by atoms with Crippen molar-refractivity contribution in [3.63, 3.8) is 0 Å². The summed E-state index contributed by atoms with van der Waals surface area (Å²) in [6.45, 7) is 2.17. The van der Waals surface area contributed by atoms with Gasteiger partial charge in [0.1, 0.15) is 0 Å². The van der Waals surface area contributed by atoms with Crippen LogP contribution in [-0.4, -0.2) is 53.3 Å². The minimum Gasteiger partial charge on any atom is -0.393 e. The lowest BCUT2D eigenvalue weighted by atomic mass is 10.0. The van der Waals surface area contributed by atoms with Crippen molar-refractivity contribution in [3.8, 4) is 0 Å². The minimum atomic E-state index is -3.60. The molecule has 0 bridgehead atoms. The maximum atomic E-state index is 12.1. The summed E-state index contributed by atoms with van der Waals surface area (Å²) < 4.78 is 55.7. The molecule has 0 fully saturated rings. The van der Waals surface area contributed by atoms with Gasteiger partial charge in [0.05, 0.1) is 31.3 Å². The first-order valence-electron chi connectivity index (χ1n) is 9.94. The summed E-state index contributed by atoms with van der Waals surface area (Å²) >= 11 is 0. The highest BCUT2D eigenvalue weighted by Crippen LogP contribution is 2.20. The average Bonchev–Trinajstić information content (AvgIpc) is 2.64. The number of rotatable bonds is 18. The van der Waals surface area contributed by atoms with E-state index in [0.29, 0.717) is 25.7 Å². The summed E-state index contributed by atoms with van der Waals surface area (Å²) in [5.74, 6) is -0.248. The van der Waals surface area contributed by atoms with Crippen LogP contribution in [0.15, 0.2) is 0 Å². The van der Waals surface area contributed by atoms with Crippen molar-refractivity contribution in [3.05, 3.63) is 0 Å². The van der Waals surface area contributed by atoms with E-state index in [4.69, 9.17) is 0 Å². The number of aliphatic hydroxyl groups is 1. The first-order valence-corrected chi connectivity index (χ1v) is 13.0. The highest BCUT2D eigenvalue weighted by atomic mass is 32.2. The van der Waals surface area contributed by atoms with E-state index >= 15 is 0 Å². The molecule has 2 atom stereocenters. The van der Waals surface area contributed by atoms with Gasteiger partial charge >= 0.3 is 0 Å². The van der Waals surface area contributed by atoms with Gasteiger partial charge in [0, 0.05) is 0 Å². The van der Waals surface area contributed by atoms with E-state index in [1.54, 1.807) is 0 Å². The second-order valence-corrected chi connectivity index (χ2v) is 10.8. The predicted molar refractivity (Wildman–Crippen MR) is 108 cm³/mol. The molecular formula is C18H38O7S2. The van der Waals surface area contributed by atoms with Crippen LogP contribution in [-0.2, 0) is 28.6 Å². The predicted octanol–water partition coefficient (Wildman–Crippen LogP) is 3.37. The van der Waals surface area contributed by atoms with Crippen LogP contribution in [0, 0.1) is 0 Å². The topological polar surface area (TPSA) is 107 Å². The van der Waals surface area contributed by atoms with Gasteiger partial charge < -0.3 is 5.11 Å². The van der Waals surface area contributed by atoms with Crippen LogP contribution in [0.2, 0.25) is 0 Å². The van der Waals surface area contributed by atoms with E-state index in [9.17, 15) is 21.9 Å². The fourth-order valence-corrected chi connectivity index (χ4v) is 4.90. The quantitative estimate of drug-likeness (QED) is 0.262. The highest BCUT2D eigenvalue weighted by Gasteiger charge is 2.25. The Kier molecular flexibility index (Phi) is 14.6. The lowest BCUT2D eigenvalue weighted by Crippen LogP contribution is -2.23. The third-order valence-corrected chi connectivity index (χ3v) is 7.78. The molecule has 9 heteroatoms. The van der Waals surface area contributed by atoms with Crippen LogP contribution < -0.4 is 0 Å². The van der Waals surface area contributed by atoms with Crippen LogP contribution in [0.5, 0.6) is 0 Å². The van der Waals surface area contributed by atoms with Crippen LogP contribution >= 0.6 is 0 Å². The van der Waals surface area contributed by atoms with Gasteiger partial charge in [-0.05, 0) is 32.1 Å². The van der Waals surface area contributed by atoms with Crippen molar-refractivity contribution in [2.45, 2.75) is 95.3 Å². The molecule has 0 saturated heterocycles. The van der Waals surface area contributed by atoms with E-state index in [1.807, 2.05) is 0 Å². The van der Waals surface area contributed by atoms with Crippen molar-refractivity contribution < 1.29 is 30.3 Å². The molecule has 0 rings (SSSR count). The van der Waals surface area contributed by atoms with Gasteiger partial charge in [-0.25, -0.2) is 0 Å². The summed E-state index contributed by atoms with van der Waals surface area (Å²) in [7, 11) is -4.91. The fraction of sp³-hybridized carbons (Fsp3) is 1.00. The molecule has 27 heavy (non-hydrogen) atoms. The Labute approximate surface area is 166 Å². The standard InChI is InChI=1S/C18H38O7S2/c1-4-5-6-7-8-9-10-13-18(27(22,23)25-3)14-11-12-17(19)15-16-26(20,21)24-2/h17-19H,4-16H2,1-3H3. The maximum Gasteiger partial charge on any atom is 0.269 e. The summed E-state index contributed by atoms with van der Waals surface area (Å²) in [4.78, 5) is 0. The van der Waals surface area contributed by atoms with Gasteiger partial charge in [-0.15, -0.1) is 0 Å². The van der Waals surface area contributed by atoms with Gasteiger partial charge in [0.25, 0.3) is 20.2 Å². The molecule has 0 spiro atoms. The van der Waals surface area contributed by atoms with Gasteiger partial charge in [-0.1, -0.05) is 51.9 Å². The molecule has 0 saturated carbocycles. The minimum absolute atomic E-state index is 0.0790. The summed E-state index contributed by atoms with van der Waals surface area (Å²) in [6, 6.07) is 0. The van der Waals surface area contributed by atoms with Crippen molar-refractivity contribution >= 4 is 20.2 Å². The Morgan fingerprint density at radius 1 is 0.741 bits per heavy atom. The highest BCUT2D eigenvalue weighted by molar-refractivity contribution is 7.87. The first kappa shape index (κ1) is 26.8. The van der Waals surface area contributed by atoms with Crippen LogP contribution in [0.1, 0.15) is 84.0 Å². The molecule has 164 valence electrons. The van der Waals surface area contributed by atoms with E-state index in [2.05, 4.69) is 15.3 Å². The SMILES string of the molecule is CCCCCCCCCC(CCCC(O)CCS(=O)(=O)OC)S(=O)(=O)OC. The monoisotopic (exact) mass is 430 g/mol. The molecule has 0 aromatic heterocycles. The van der Waals surface area contributed by atoms with Crippen LogP contribution in [0.4, 0.5) is 0 Å². The van der Waals surface area contributed by atoms with E-state index in [1.165, 1.54) is 32.8 Å². The number of hydrogen-bond donors (Lipinski definition) is 1. The van der Waals surface area contributed by atoms with Crippen molar-refractivity contribution in [1.29, 1.82) is 0 Å². The average molecular weight is 431 g/mol. The maximum absolute atomic E-state index is 12.1. The van der Waals surface area contributed by atoms with E-state index < -0.39 is 31.6 Å². The lowest BCUT2D eigenvalue weighted by Gasteiger charge is -2.17. The molecule has 2 unspecified atom stereocenters. The van der Waals surface area contributed by atoms with Crippen molar-refractivity contribution in [1.82, 2.24) is 0 Å². The van der Waals surface area contributed by atoms with E-state index in [0.717, 1.165) is 26.4 Å². The van der Waals surface area contributed by atoms with Gasteiger partial charge in [0.15, 0.2) is 0 Å².